The van der Waals surface area contributed by atoms with Crippen molar-refractivity contribution in [2.45, 2.75) is 19.1 Å². The first kappa shape index (κ1) is 13.3. The molecular formula is C12H19ClN2OS. The van der Waals surface area contributed by atoms with Crippen molar-refractivity contribution in [1.82, 2.24) is 10.2 Å². The first-order valence-electron chi connectivity index (χ1n) is 6.00. The van der Waals surface area contributed by atoms with E-state index < -0.39 is 0 Å². The van der Waals surface area contributed by atoms with Crippen molar-refractivity contribution in [2.75, 3.05) is 33.3 Å². The van der Waals surface area contributed by atoms with Gasteiger partial charge in [-0.2, -0.15) is 0 Å². The Bertz CT molecular complexity index is 358. The van der Waals surface area contributed by atoms with Crippen molar-refractivity contribution >= 4 is 22.9 Å². The number of ether oxygens (including phenoxy) is 1. The zero-order valence-electron chi connectivity index (χ0n) is 10.3. The van der Waals surface area contributed by atoms with E-state index in [2.05, 4.69) is 17.1 Å². The average Bonchev–Trinajstić information content (AvgIpc) is 2.77. The van der Waals surface area contributed by atoms with Gasteiger partial charge in [0.05, 0.1) is 23.8 Å². The normalized spacial score (nSPS) is 23.8. The van der Waals surface area contributed by atoms with E-state index in [0.717, 1.165) is 31.3 Å². The molecule has 0 amide bonds. The van der Waals surface area contributed by atoms with Crippen LogP contribution in [0.2, 0.25) is 5.02 Å². The summed E-state index contributed by atoms with van der Waals surface area (Å²) >= 11 is 7.90. The molecule has 2 unspecified atom stereocenters. The van der Waals surface area contributed by atoms with Crippen LogP contribution >= 0.6 is 22.9 Å². The van der Waals surface area contributed by atoms with E-state index in [1.54, 1.807) is 11.3 Å². The SMILES string of the molecule is CCN1CCOC(C(NC)c2sccc2Cl)C1. The summed E-state index contributed by atoms with van der Waals surface area (Å²) in [6, 6.07) is 2.14. The second kappa shape index (κ2) is 6.16. The van der Waals surface area contributed by atoms with Gasteiger partial charge in [0.2, 0.25) is 0 Å². The second-order valence-electron chi connectivity index (χ2n) is 4.20. The van der Waals surface area contributed by atoms with Crippen molar-refractivity contribution in [2.24, 2.45) is 0 Å². The van der Waals surface area contributed by atoms with E-state index in [1.165, 1.54) is 4.88 Å². The first-order chi connectivity index (χ1) is 8.26. The average molecular weight is 275 g/mol. The standard InChI is InChI=1S/C12H19ClN2OS/c1-3-15-5-6-16-10(8-15)11(14-2)12-9(13)4-7-17-12/h4,7,10-11,14H,3,5-6,8H2,1-2H3. The van der Waals surface area contributed by atoms with Crippen LogP contribution < -0.4 is 5.32 Å². The van der Waals surface area contributed by atoms with Gasteiger partial charge in [0.25, 0.3) is 0 Å². The van der Waals surface area contributed by atoms with Crippen LogP contribution in [0.25, 0.3) is 0 Å². The molecule has 17 heavy (non-hydrogen) atoms. The fourth-order valence-electron chi connectivity index (χ4n) is 2.23. The third-order valence-corrected chi connectivity index (χ3v) is 4.68. The Morgan fingerprint density at radius 1 is 1.71 bits per heavy atom. The molecule has 1 N–H and O–H groups in total. The molecule has 0 spiro atoms. The van der Waals surface area contributed by atoms with Gasteiger partial charge >= 0.3 is 0 Å². The van der Waals surface area contributed by atoms with Gasteiger partial charge in [-0.15, -0.1) is 11.3 Å². The highest BCUT2D eigenvalue weighted by Gasteiger charge is 2.29. The number of likely N-dealkylation sites (N-methyl/N-ethyl adjacent to an activating group) is 2. The van der Waals surface area contributed by atoms with Gasteiger partial charge in [0.1, 0.15) is 0 Å². The minimum absolute atomic E-state index is 0.185. The quantitative estimate of drug-likeness (QED) is 0.912. The highest BCUT2D eigenvalue weighted by Crippen LogP contribution is 2.32. The minimum atomic E-state index is 0.185. The molecule has 1 aromatic rings. The van der Waals surface area contributed by atoms with Crippen LogP contribution in [0, 0.1) is 0 Å². The molecule has 1 aromatic heterocycles. The summed E-state index contributed by atoms with van der Waals surface area (Å²) in [4.78, 5) is 3.59. The zero-order chi connectivity index (χ0) is 12.3. The summed E-state index contributed by atoms with van der Waals surface area (Å²) in [5.41, 5.74) is 0. The van der Waals surface area contributed by atoms with E-state index >= 15 is 0 Å². The van der Waals surface area contributed by atoms with E-state index in [0.29, 0.717) is 0 Å². The number of nitrogens with one attached hydrogen (secondary N) is 1. The van der Waals surface area contributed by atoms with Gasteiger partial charge in [-0.3, -0.25) is 4.90 Å². The van der Waals surface area contributed by atoms with Crippen LogP contribution in [0.5, 0.6) is 0 Å². The lowest BCUT2D eigenvalue weighted by atomic mass is 10.1. The van der Waals surface area contributed by atoms with E-state index in [9.17, 15) is 0 Å². The molecule has 96 valence electrons. The number of nitrogens with zero attached hydrogens (tertiary/aromatic N) is 1. The van der Waals surface area contributed by atoms with Gasteiger partial charge in [-0.1, -0.05) is 18.5 Å². The Morgan fingerprint density at radius 2 is 2.53 bits per heavy atom. The predicted octanol–water partition coefficient (Wildman–Crippen LogP) is 2.38. The van der Waals surface area contributed by atoms with Crippen molar-refractivity contribution in [1.29, 1.82) is 0 Å². The maximum Gasteiger partial charge on any atom is 0.0905 e. The van der Waals surface area contributed by atoms with Gasteiger partial charge < -0.3 is 10.1 Å². The number of morpholine rings is 1. The fraction of sp³-hybridized carbons (Fsp3) is 0.667. The predicted molar refractivity (Wildman–Crippen MR) is 73.0 cm³/mol. The van der Waals surface area contributed by atoms with Gasteiger partial charge in [-0.05, 0) is 25.0 Å². The van der Waals surface area contributed by atoms with Crippen LogP contribution in [-0.4, -0.2) is 44.3 Å². The number of hydrogen-bond acceptors (Lipinski definition) is 4. The summed E-state index contributed by atoms with van der Waals surface area (Å²) in [7, 11) is 1.97. The van der Waals surface area contributed by atoms with Gasteiger partial charge in [-0.25, -0.2) is 0 Å². The third-order valence-electron chi connectivity index (χ3n) is 3.23. The van der Waals surface area contributed by atoms with Crippen LogP contribution in [0.15, 0.2) is 11.4 Å². The van der Waals surface area contributed by atoms with Crippen molar-refractivity contribution in [3.05, 3.63) is 21.3 Å². The smallest absolute Gasteiger partial charge is 0.0905 e. The van der Waals surface area contributed by atoms with Gasteiger partial charge in [0, 0.05) is 18.0 Å². The molecule has 2 atom stereocenters. The third kappa shape index (κ3) is 3.01. The van der Waals surface area contributed by atoms with Crippen molar-refractivity contribution in [3.8, 4) is 0 Å². The lowest BCUT2D eigenvalue weighted by molar-refractivity contribution is -0.0438. The summed E-state index contributed by atoms with van der Waals surface area (Å²) < 4.78 is 5.89. The maximum atomic E-state index is 6.20. The first-order valence-corrected chi connectivity index (χ1v) is 7.26. The Labute approximate surface area is 112 Å². The van der Waals surface area contributed by atoms with Crippen molar-refractivity contribution < 1.29 is 4.74 Å². The lowest BCUT2D eigenvalue weighted by Gasteiger charge is -2.36. The molecule has 1 aliphatic heterocycles. The summed E-state index contributed by atoms with van der Waals surface area (Å²) in [6.45, 7) is 6.07. The molecule has 1 saturated heterocycles. The van der Waals surface area contributed by atoms with Crippen LogP contribution in [0.1, 0.15) is 17.8 Å². The maximum absolute atomic E-state index is 6.20. The summed E-state index contributed by atoms with van der Waals surface area (Å²) in [5.74, 6) is 0. The fourth-order valence-corrected chi connectivity index (χ4v) is 3.57. The monoisotopic (exact) mass is 274 g/mol. The van der Waals surface area contributed by atoms with Crippen LogP contribution in [-0.2, 0) is 4.74 Å². The second-order valence-corrected chi connectivity index (χ2v) is 5.56. The zero-order valence-corrected chi connectivity index (χ0v) is 11.9. The Balaban J connectivity index is 2.10. The number of hydrogen-bond donors (Lipinski definition) is 1. The summed E-state index contributed by atoms with van der Waals surface area (Å²) in [6.07, 6.45) is 0.185. The number of thiophene rings is 1. The van der Waals surface area contributed by atoms with Crippen LogP contribution in [0.4, 0.5) is 0 Å². The molecule has 3 nitrogen and oxygen atoms in total. The molecule has 2 heterocycles. The molecule has 0 aromatic carbocycles. The molecule has 0 saturated carbocycles. The Morgan fingerprint density at radius 3 is 3.12 bits per heavy atom. The Kier molecular flexibility index (Phi) is 4.82. The summed E-state index contributed by atoms with van der Waals surface area (Å²) in [5, 5.41) is 6.20. The van der Waals surface area contributed by atoms with Gasteiger partial charge in [0.15, 0.2) is 0 Å². The minimum Gasteiger partial charge on any atom is -0.374 e. The lowest BCUT2D eigenvalue weighted by Crippen LogP contribution is -2.47. The van der Waals surface area contributed by atoms with E-state index in [1.807, 2.05) is 18.5 Å². The highest BCUT2D eigenvalue weighted by atomic mass is 35.5. The molecular weight excluding hydrogens is 256 g/mol. The molecule has 1 fully saturated rings. The van der Waals surface area contributed by atoms with E-state index in [4.69, 9.17) is 16.3 Å². The van der Waals surface area contributed by atoms with Crippen LogP contribution in [0.3, 0.4) is 0 Å². The topological polar surface area (TPSA) is 24.5 Å². The molecule has 0 aliphatic carbocycles. The molecule has 2 rings (SSSR count). The van der Waals surface area contributed by atoms with E-state index in [-0.39, 0.29) is 12.1 Å². The number of rotatable bonds is 4. The Hall–Kier alpha value is -0.130. The molecule has 1 aliphatic rings. The van der Waals surface area contributed by atoms with Crippen molar-refractivity contribution in [3.63, 3.8) is 0 Å². The molecule has 0 bridgehead atoms. The number of halogens is 1. The largest absolute Gasteiger partial charge is 0.374 e. The molecule has 0 radical (unpaired) electrons. The highest BCUT2D eigenvalue weighted by molar-refractivity contribution is 7.10. The molecule has 5 heteroatoms.